The van der Waals surface area contributed by atoms with E-state index in [0.717, 1.165) is 11.0 Å². The second-order valence-electron chi connectivity index (χ2n) is 4.70. The first kappa shape index (κ1) is 13.7. The third-order valence-electron chi connectivity index (χ3n) is 2.76. The predicted molar refractivity (Wildman–Crippen MR) is 77.1 cm³/mol. The van der Waals surface area contributed by atoms with Crippen LogP contribution in [0.3, 0.4) is 0 Å². The number of aromatic nitrogens is 2. The van der Waals surface area contributed by atoms with Crippen molar-refractivity contribution >= 4 is 34.5 Å². The van der Waals surface area contributed by atoms with E-state index in [2.05, 4.69) is 10.3 Å². The minimum atomic E-state index is -0.0108. The number of anilines is 1. The Morgan fingerprint density at radius 3 is 2.95 bits per heavy atom. The number of rotatable bonds is 4. The summed E-state index contributed by atoms with van der Waals surface area (Å²) in [5.41, 5.74) is 7.39. The molecule has 0 bridgehead atoms. The lowest BCUT2D eigenvalue weighted by atomic mass is 10.3. The Hall–Kier alpha value is -1.75. The van der Waals surface area contributed by atoms with Gasteiger partial charge in [-0.05, 0) is 26.0 Å². The molecule has 0 saturated carbocycles. The van der Waals surface area contributed by atoms with Crippen molar-refractivity contribution in [3.63, 3.8) is 0 Å². The Morgan fingerprint density at radius 1 is 1.53 bits per heavy atom. The van der Waals surface area contributed by atoms with Gasteiger partial charge in [-0.25, -0.2) is 4.98 Å². The summed E-state index contributed by atoms with van der Waals surface area (Å²) in [6, 6.07) is 5.60. The second kappa shape index (κ2) is 5.48. The minimum Gasteiger partial charge on any atom is -0.369 e. The first-order chi connectivity index (χ1) is 8.99. The van der Waals surface area contributed by atoms with Crippen molar-refractivity contribution < 1.29 is 4.79 Å². The molecule has 0 radical (unpaired) electrons. The average Bonchev–Trinajstić information content (AvgIpc) is 2.63. The number of para-hydroxylation sites is 1. The smallest absolute Gasteiger partial charge is 0.221 e. The Bertz CT molecular complexity index is 606. The van der Waals surface area contributed by atoms with Gasteiger partial charge in [-0.15, -0.1) is 0 Å². The maximum Gasteiger partial charge on any atom is 0.221 e. The molecule has 6 heteroatoms. The first-order valence-corrected chi connectivity index (χ1v) is 6.56. The molecule has 1 aromatic carbocycles. The van der Waals surface area contributed by atoms with Crippen LogP contribution in [0.15, 0.2) is 18.2 Å². The van der Waals surface area contributed by atoms with Gasteiger partial charge in [0.1, 0.15) is 0 Å². The SMILES string of the molecule is CC(C)NC(=O)CCn1c(N)nc2cccc(Cl)c21. The summed E-state index contributed by atoms with van der Waals surface area (Å²) >= 11 is 6.16. The van der Waals surface area contributed by atoms with Crippen LogP contribution >= 0.6 is 11.6 Å². The topological polar surface area (TPSA) is 72.9 Å². The molecule has 0 aliphatic heterocycles. The fraction of sp³-hybridized carbons (Fsp3) is 0.385. The van der Waals surface area contributed by atoms with E-state index in [4.69, 9.17) is 17.3 Å². The van der Waals surface area contributed by atoms with E-state index in [9.17, 15) is 4.79 Å². The fourth-order valence-electron chi connectivity index (χ4n) is 1.99. The van der Waals surface area contributed by atoms with Gasteiger partial charge < -0.3 is 15.6 Å². The van der Waals surface area contributed by atoms with E-state index < -0.39 is 0 Å². The Kier molecular flexibility index (Phi) is 3.95. The van der Waals surface area contributed by atoms with Gasteiger partial charge >= 0.3 is 0 Å². The number of halogens is 1. The predicted octanol–water partition coefficient (Wildman–Crippen LogP) is 2.19. The number of hydrogen-bond acceptors (Lipinski definition) is 3. The molecule has 0 atom stereocenters. The zero-order valence-corrected chi connectivity index (χ0v) is 11.7. The van der Waals surface area contributed by atoms with E-state index in [1.165, 1.54) is 0 Å². The molecule has 3 N–H and O–H groups in total. The lowest BCUT2D eigenvalue weighted by Crippen LogP contribution is -2.30. The van der Waals surface area contributed by atoms with Gasteiger partial charge in [0.15, 0.2) is 0 Å². The van der Waals surface area contributed by atoms with Gasteiger partial charge in [0.2, 0.25) is 11.9 Å². The van der Waals surface area contributed by atoms with Gasteiger partial charge in [-0.1, -0.05) is 17.7 Å². The van der Waals surface area contributed by atoms with Crippen LogP contribution < -0.4 is 11.1 Å². The molecule has 1 aromatic heterocycles. The number of carbonyl (C=O) groups excluding carboxylic acids is 1. The summed E-state index contributed by atoms with van der Waals surface area (Å²) < 4.78 is 1.78. The van der Waals surface area contributed by atoms with Gasteiger partial charge in [0, 0.05) is 19.0 Å². The summed E-state index contributed by atoms with van der Waals surface area (Å²) in [5.74, 6) is 0.365. The van der Waals surface area contributed by atoms with Crippen LogP contribution in [0.25, 0.3) is 11.0 Å². The Morgan fingerprint density at radius 2 is 2.26 bits per heavy atom. The zero-order valence-electron chi connectivity index (χ0n) is 11.0. The molecule has 2 aromatic rings. The Balaban J connectivity index is 2.21. The Labute approximate surface area is 116 Å². The van der Waals surface area contributed by atoms with E-state index in [1.54, 1.807) is 10.6 Å². The monoisotopic (exact) mass is 280 g/mol. The number of fused-ring (bicyclic) bond motifs is 1. The highest BCUT2D eigenvalue weighted by atomic mass is 35.5. The summed E-state index contributed by atoms with van der Waals surface area (Å²) in [7, 11) is 0. The number of nitrogens with one attached hydrogen (secondary N) is 1. The second-order valence-corrected chi connectivity index (χ2v) is 5.11. The fourth-order valence-corrected chi connectivity index (χ4v) is 2.27. The van der Waals surface area contributed by atoms with Crippen molar-refractivity contribution in [1.29, 1.82) is 0 Å². The van der Waals surface area contributed by atoms with E-state index >= 15 is 0 Å². The summed E-state index contributed by atoms with van der Waals surface area (Å²) in [5, 5.41) is 3.43. The highest BCUT2D eigenvalue weighted by Gasteiger charge is 2.12. The number of aryl methyl sites for hydroxylation is 1. The molecule has 0 fully saturated rings. The van der Waals surface area contributed by atoms with Crippen LogP contribution in [0, 0.1) is 0 Å². The highest BCUT2D eigenvalue weighted by molar-refractivity contribution is 6.35. The number of nitrogen functional groups attached to an aromatic ring is 1. The van der Waals surface area contributed by atoms with Gasteiger partial charge in [0.25, 0.3) is 0 Å². The maximum atomic E-state index is 11.7. The van der Waals surface area contributed by atoms with Crippen molar-refractivity contribution in [3.05, 3.63) is 23.2 Å². The molecule has 5 nitrogen and oxygen atoms in total. The van der Waals surface area contributed by atoms with Crippen molar-refractivity contribution in [2.75, 3.05) is 5.73 Å². The van der Waals surface area contributed by atoms with E-state index in [1.807, 2.05) is 26.0 Å². The summed E-state index contributed by atoms with van der Waals surface area (Å²) in [4.78, 5) is 15.9. The maximum absolute atomic E-state index is 11.7. The number of benzene rings is 1. The molecule has 0 aliphatic rings. The van der Waals surface area contributed by atoms with Crippen molar-refractivity contribution in [3.8, 4) is 0 Å². The molecule has 19 heavy (non-hydrogen) atoms. The number of amides is 1. The molecule has 0 unspecified atom stereocenters. The summed E-state index contributed by atoms with van der Waals surface area (Å²) in [6.45, 7) is 4.32. The number of hydrogen-bond donors (Lipinski definition) is 2. The molecule has 0 saturated heterocycles. The number of imidazole rings is 1. The standard InChI is InChI=1S/C13H17ClN4O/c1-8(2)16-11(19)6-7-18-12-9(14)4-3-5-10(12)17-13(18)15/h3-5,8H,6-7H2,1-2H3,(H2,15,17)(H,16,19). The van der Waals surface area contributed by atoms with Crippen LogP contribution in [0.4, 0.5) is 5.95 Å². The average molecular weight is 281 g/mol. The highest BCUT2D eigenvalue weighted by Crippen LogP contribution is 2.25. The third-order valence-corrected chi connectivity index (χ3v) is 3.06. The third kappa shape index (κ3) is 2.98. The molecular weight excluding hydrogens is 264 g/mol. The molecule has 1 heterocycles. The van der Waals surface area contributed by atoms with Gasteiger partial charge in [-0.2, -0.15) is 0 Å². The van der Waals surface area contributed by atoms with Crippen LogP contribution in [0.1, 0.15) is 20.3 Å². The molecule has 102 valence electrons. The van der Waals surface area contributed by atoms with E-state index in [0.29, 0.717) is 23.9 Å². The molecule has 1 amide bonds. The molecule has 0 aliphatic carbocycles. The molecule has 2 rings (SSSR count). The van der Waals surface area contributed by atoms with Crippen LogP contribution in [0.5, 0.6) is 0 Å². The number of nitrogens with zero attached hydrogens (tertiary/aromatic N) is 2. The first-order valence-electron chi connectivity index (χ1n) is 6.18. The number of carbonyl (C=O) groups is 1. The quantitative estimate of drug-likeness (QED) is 0.902. The van der Waals surface area contributed by atoms with Crippen molar-refractivity contribution in [2.24, 2.45) is 0 Å². The molecular formula is C13H17ClN4O. The van der Waals surface area contributed by atoms with Gasteiger partial charge in [0.05, 0.1) is 16.1 Å². The normalized spacial score (nSPS) is 11.2. The lowest BCUT2D eigenvalue weighted by Gasteiger charge is -2.10. The van der Waals surface area contributed by atoms with Crippen LogP contribution in [0.2, 0.25) is 5.02 Å². The van der Waals surface area contributed by atoms with Crippen LogP contribution in [-0.4, -0.2) is 21.5 Å². The minimum absolute atomic E-state index is 0.0108. The van der Waals surface area contributed by atoms with Crippen molar-refractivity contribution in [1.82, 2.24) is 14.9 Å². The van der Waals surface area contributed by atoms with Crippen molar-refractivity contribution in [2.45, 2.75) is 32.9 Å². The largest absolute Gasteiger partial charge is 0.369 e. The summed E-state index contributed by atoms with van der Waals surface area (Å²) in [6.07, 6.45) is 0.346. The van der Waals surface area contributed by atoms with Gasteiger partial charge in [-0.3, -0.25) is 4.79 Å². The van der Waals surface area contributed by atoms with E-state index in [-0.39, 0.29) is 11.9 Å². The number of nitrogens with two attached hydrogens (primary N) is 1. The lowest BCUT2D eigenvalue weighted by molar-refractivity contribution is -0.121. The zero-order chi connectivity index (χ0) is 14.0. The molecule has 0 spiro atoms. The van der Waals surface area contributed by atoms with Crippen LogP contribution in [-0.2, 0) is 11.3 Å².